The molecular weight excluding hydrogens is 615 g/mol. The Morgan fingerprint density at radius 3 is 1.77 bits per heavy atom. The molecule has 0 saturated heterocycles. The third-order valence-electron chi connectivity index (χ3n) is 8.00. The molecule has 47 heavy (non-hydrogen) atoms. The van der Waals surface area contributed by atoms with Crippen LogP contribution in [0.15, 0.2) is 36.5 Å². The molecule has 0 aromatic heterocycles. The fourth-order valence-corrected chi connectivity index (χ4v) is 5.91. The van der Waals surface area contributed by atoms with Gasteiger partial charge in [0.05, 0.1) is 37.9 Å². The number of hydrogen-bond donors (Lipinski definition) is 5. The van der Waals surface area contributed by atoms with Crippen LogP contribution in [0, 0.1) is 0 Å². The largest absolute Gasteiger partial charge is 0.472 e. The maximum absolute atomic E-state index is 12.7. The summed E-state index contributed by atoms with van der Waals surface area (Å²) in [5.41, 5.74) is 5.33. The average molecular weight is 687 g/mol. The topological polar surface area (TPSA) is 151 Å². The number of nitrogens with two attached hydrogens (primary N) is 1. The number of aliphatic hydroxyl groups excluding tert-OH is 2. The monoisotopic (exact) mass is 686 g/mol. The van der Waals surface area contributed by atoms with Crippen LogP contribution in [-0.4, -0.2) is 59.0 Å². The van der Waals surface area contributed by atoms with Gasteiger partial charge in [-0.05, 0) is 44.9 Å². The van der Waals surface area contributed by atoms with Crippen molar-refractivity contribution in [2.45, 2.75) is 173 Å². The molecule has 0 aliphatic carbocycles. The minimum absolute atomic E-state index is 0.0423. The van der Waals surface area contributed by atoms with Crippen LogP contribution in [0.5, 0.6) is 0 Å². The number of phosphoric ester groups is 1. The van der Waals surface area contributed by atoms with Gasteiger partial charge in [0.25, 0.3) is 0 Å². The lowest BCUT2D eigenvalue weighted by Crippen LogP contribution is -2.46. The smallest absolute Gasteiger partial charge is 0.393 e. The van der Waals surface area contributed by atoms with Crippen molar-refractivity contribution in [3.8, 4) is 0 Å². The third kappa shape index (κ3) is 31.7. The second-order valence-electron chi connectivity index (χ2n) is 12.6. The number of nitrogens with one attached hydrogen (secondary N) is 1. The van der Waals surface area contributed by atoms with Gasteiger partial charge in [-0.1, -0.05) is 140 Å². The van der Waals surface area contributed by atoms with Gasteiger partial charge in [-0.15, -0.1) is 0 Å². The van der Waals surface area contributed by atoms with Gasteiger partial charge in [0, 0.05) is 6.54 Å². The Morgan fingerprint density at radius 2 is 1.21 bits per heavy atom. The predicted octanol–water partition coefficient (Wildman–Crippen LogP) is 8.58. The van der Waals surface area contributed by atoms with Crippen molar-refractivity contribution in [1.29, 1.82) is 0 Å². The standard InChI is InChI=1S/C37H71N2O7P/c1-3-5-7-9-11-13-14-15-16-17-18-19-20-21-23-25-27-29-36(41)35(33-46-47(43,44)45-31-30-38)39-37(42)32-34(40)28-26-24-22-12-10-8-6-4-2/h16-17,20-21,27,29,34-36,40-41H,3-15,18-19,22-26,28,30-33,38H2,1-2H3,(H,39,42)(H,43,44)/b17-16+,21-20+,29-27+. The van der Waals surface area contributed by atoms with Crippen molar-refractivity contribution >= 4 is 13.7 Å². The summed E-state index contributed by atoms with van der Waals surface area (Å²) in [5.74, 6) is -0.465. The Bertz CT molecular complexity index is 853. The molecule has 0 aromatic carbocycles. The molecule has 0 aliphatic rings. The maximum atomic E-state index is 12.7. The van der Waals surface area contributed by atoms with Crippen LogP contribution in [0.3, 0.4) is 0 Å². The van der Waals surface area contributed by atoms with E-state index in [9.17, 15) is 24.5 Å². The highest BCUT2D eigenvalue weighted by atomic mass is 31.2. The zero-order chi connectivity index (χ0) is 34.9. The molecule has 10 heteroatoms. The van der Waals surface area contributed by atoms with E-state index in [4.69, 9.17) is 14.8 Å². The molecule has 0 aliphatic heterocycles. The van der Waals surface area contributed by atoms with Gasteiger partial charge in [0.15, 0.2) is 0 Å². The molecule has 0 heterocycles. The van der Waals surface area contributed by atoms with Crippen LogP contribution < -0.4 is 11.1 Å². The highest BCUT2D eigenvalue weighted by Crippen LogP contribution is 2.43. The Kier molecular flexibility index (Phi) is 32.3. The van der Waals surface area contributed by atoms with E-state index in [2.05, 4.69) is 43.5 Å². The van der Waals surface area contributed by atoms with Crippen LogP contribution in [0.2, 0.25) is 0 Å². The Labute approximate surface area is 287 Å². The predicted molar refractivity (Wildman–Crippen MR) is 195 cm³/mol. The number of unbranched alkanes of at least 4 members (excludes halogenated alkanes) is 16. The highest BCUT2D eigenvalue weighted by Gasteiger charge is 2.27. The summed E-state index contributed by atoms with van der Waals surface area (Å²) >= 11 is 0. The molecule has 0 saturated carbocycles. The quantitative estimate of drug-likeness (QED) is 0.0257. The van der Waals surface area contributed by atoms with Gasteiger partial charge in [-0.25, -0.2) is 4.57 Å². The summed E-state index contributed by atoms with van der Waals surface area (Å²) in [6, 6.07) is -1.00. The number of carbonyl (C=O) groups excluding carboxylic acids is 1. The van der Waals surface area contributed by atoms with Gasteiger partial charge in [-0.2, -0.15) is 0 Å². The van der Waals surface area contributed by atoms with Gasteiger partial charge in [0.1, 0.15) is 0 Å². The average Bonchev–Trinajstić information content (AvgIpc) is 3.04. The zero-order valence-electron chi connectivity index (χ0n) is 29.9. The van der Waals surface area contributed by atoms with Gasteiger partial charge in [-0.3, -0.25) is 13.8 Å². The fourth-order valence-electron chi connectivity index (χ4n) is 5.15. The van der Waals surface area contributed by atoms with Crippen LogP contribution in [0.1, 0.15) is 155 Å². The van der Waals surface area contributed by atoms with Crippen LogP contribution in [0.4, 0.5) is 0 Å². The first-order valence-corrected chi connectivity index (χ1v) is 20.2. The second-order valence-corrected chi connectivity index (χ2v) is 14.1. The van der Waals surface area contributed by atoms with Gasteiger partial charge in [0.2, 0.25) is 5.91 Å². The van der Waals surface area contributed by atoms with E-state index in [0.29, 0.717) is 12.8 Å². The van der Waals surface area contributed by atoms with E-state index in [-0.39, 0.29) is 19.6 Å². The van der Waals surface area contributed by atoms with E-state index in [0.717, 1.165) is 44.9 Å². The minimum atomic E-state index is -4.40. The van der Waals surface area contributed by atoms with Crippen LogP contribution in [0.25, 0.3) is 0 Å². The lowest BCUT2D eigenvalue weighted by molar-refractivity contribution is -0.124. The first-order valence-electron chi connectivity index (χ1n) is 18.7. The number of amides is 1. The molecule has 0 bridgehead atoms. The molecule has 1 amide bonds. The van der Waals surface area contributed by atoms with Crippen LogP contribution in [-0.2, 0) is 18.4 Å². The van der Waals surface area contributed by atoms with E-state index in [1.807, 2.05) is 6.08 Å². The Hall–Kier alpha value is -1.32. The Morgan fingerprint density at radius 1 is 0.723 bits per heavy atom. The van der Waals surface area contributed by atoms with Crippen molar-refractivity contribution in [3.63, 3.8) is 0 Å². The summed E-state index contributed by atoms with van der Waals surface area (Å²) in [4.78, 5) is 22.6. The SMILES string of the molecule is CCCCCCCCC/C=C/CC/C=C/CC/C=C/C(O)C(COP(=O)(O)OCCN)NC(=O)CC(O)CCCCCCCCCC. The number of hydrogen-bond acceptors (Lipinski definition) is 7. The molecule has 6 N–H and O–H groups in total. The molecule has 0 spiro atoms. The van der Waals surface area contributed by atoms with Crippen molar-refractivity contribution in [2.24, 2.45) is 5.73 Å². The van der Waals surface area contributed by atoms with E-state index in [1.165, 1.54) is 77.0 Å². The molecule has 4 unspecified atom stereocenters. The minimum Gasteiger partial charge on any atom is -0.393 e. The normalized spacial score (nSPS) is 15.4. The molecule has 9 nitrogen and oxygen atoms in total. The van der Waals surface area contributed by atoms with Crippen molar-refractivity contribution in [1.82, 2.24) is 5.32 Å². The van der Waals surface area contributed by atoms with Crippen molar-refractivity contribution < 1.29 is 33.5 Å². The second kappa shape index (κ2) is 33.2. The summed E-state index contributed by atoms with van der Waals surface area (Å²) in [5, 5.41) is 23.8. The summed E-state index contributed by atoms with van der Waals surface area (Å²) in [6.07, 6.45) is 33.9. The van der Waals surface area contributed by atoms with Crippen molar-refractivity contribution in [3.05, 3.63) is 36.5 Å². The highest BCUT2D eigenvalue weighted by molar-refractivity contribution is 7.47. The summed E-state index contributed by atoms with van der Waals surface area (Å²) < 4.78 is 21.9. The number of allylic oxidation sites excluding steroid dienone is 5. The number of phosphoric acid groups is 1. The van der Waals surface area contributed by atoms with Gasteiger partial charge < -0.3 is 26.2 Å². The number of rotatable bonds is 34. The first-order chi connectivity index (χ1) is 22.8. The maximum Gasteiger partial charge on any atom is 0.472 e. The number of carbonyl (C=O) groups is 1. The van der Waals surface area contributed by atoms with Crippen molar-refractivity contribution in [2.75, 3.05) is 19.8 Å². The fraction of sp³-hybridized carbons (Fsp3) is 0.811. The third-order valence-corrected chi connectivity index (χ3v) is 8.99. The lowest BCUT2D eigenvalue weighted by Gasteiger charge is -2.24. The van der Waals surface area contributed by atoms with E-state index < -0.39 is 38.6 Å². The first kappa shape index (κ1) is 45.7. The summed E-state index contributed by atoms with van der Waals surface area (Å²) in [6.45, 7) is 3.88. The zero-order valence-corrected chi connectivity index (χ0v) is 30.8. The molecule has 0 aromatic rings. The molecule has 276 valence electrons. The lowest BCUT2D eigenvalue weighted by atomic mass is 10.0. The molecule has 4 atom stereocenters. The number of aliphatic hydroxyl groups is 2. The van der Waals surface area contributed by atoms with E-state index >= 15 is 0 Å². The molecular formula is C37H71N2O7P. The van der Waals surface area contributed by atoms with Gasteiger partial charge >= 0.3 is 7.82 Å². The summed E-state index contributed by atoms with van der Waals surface area (Å²) in [7, 11) is -4.40. The van der Waals surface area contributed by atoms with E-state index in [1.54, 1.807) is 6.08 Å². The molecule has 0 rings (SSSR count). The molecule has 0 radical (unpaired) electrons. The molecule has 0 fully saturated rings. The van der Waals surface area contributed by atoms with Crippen LogP contribution >= 0.6 is 7.82 Å². The Balaban J connectivity index is 4.52.